The topological polar surface area (TPSA) is 73.8 Å². The molecule has 2 amide bonds. The van der Waals surface area contributed by atoms with E-state index in [-0.39, 0.29) is 17.1 Å². The summed E-state index contributed by atoms with van der Waals surface area (Å²) in [4.78, 5) is 28.5. The highest BCUT2D eigenvalue weighted by atomic mass is 16.5. The van der Waals surface area contributed by atoms with Crippen LogP contribution in [0.15, 0.2) is 42.7 Å². The van der Waals surface area contributed by atoms with Crippen LogP contribution in [0.4, 0.5) is 10.5 Å². The molecule has 0 bridgehead atoms. The van der Waals surface area contributed by atoms with E-state index in [2.05, 4.69) is 69.5 Å². The normalized spacial score (nSPS) is 28.5. The second kappa shape index (κ2) is 9.00. The highest BCUT2D eigenvalue weighted by Gasteiger charge is 2.50. The number of amides is 2. The maximum Gasteiger partial charge on any atom is 0.322 e. The molecule has 3 aliphatic rings. The molecular formula is C25H34N6O2. The van der Waals surface area contributed by atoms with Crippen molar-refractivity contribution in [3.05, 3.63) is 54.1 Å². The third-order valence-electron chi connectivity index (χ3n) is 7.75. The van der Waals surface area contributed by atoms with Gasteiger partial charge < -0.3 is 10.1 Å². The van der Waals surface area contributed by atoms with Crippen LogP contribution in [0, 0.1) is 0 Å². The minimum absolute atomic E-state index is 0.00884. The van der Waals surface area contributed by atoms with Gasteiger partial charge in [-0.3, -0.25) is 14.7 Å². The Labute approximate surface area is 195 Å². The van der Waals surface area contributed by atoms with E-state index < -0.39 is 0 Å². The lowest BCUT2D eigenvalue weighted by Gasteiger charge is -2.48. The van der Waals surface area contributed by atoms with Crippen LogP contribution in [0.1, 0.15) is 37.1 Å². The van der Waals surface area contributed by atoms with E-state index >= 15 is 0 Å². The van der Waals surface area contributed by atoms with Crippen LogP contribution in [-0.4, -0.2) is 78.3 Å². The molecule has 5 rings (SSSR count). The maximum atomic E-state index is 12.9. The minimum atomic E-state index is -0.197. The number of carbonyl (C=O) groups is 1. The van der Waals surface area contributed by atoms with Gasteiger partial charge in [0.2, 0.25) is 0 Å². The van der Waals surface area contributed by atoms with E-state index in [4.69, 9.17) is 4.74 Å². The van der Waals surface area contributed by atoms with Crippen molar-refractivity contribution in [1.29, 1.82) is 0 Å². The number of urea groups is 1. The molecule has 3 fully saturated rings. The molecular weight excluding hydrogens is 416 g/mol. The second-order valence-electron chi connectivity index (χ2n) is 9.83. The molecule has 1 N–H and O–H groups in total. The average Bonchev–Trinajstić information content (AvgIpc) is 3.17. The first kappa shape index (κ1) is 22.3. The fraction of sp³-hybridized carbons (Fsp3) is 0.560. The molecule has 8 heteroatoms. The average molecular weight is 451 g/mol. The van der Waals surface area contributed by atoms with E-state index in [1.54, 1.807) is 12.4 Å². The summed E-state index contributed by atoms with van der Waals surface area (Å²) in [5, 5.41) is 3.32. The van der Waals surface area contributed by atoms with Crippen molar-refractivity contribution in [3.63, 3.8) is 0 Å². The minimum Gasteiger partial charge on any atom is -0.379 e. The lowest BCUT2D eigenvalue weighted by atomic mass is 9.69. The molecule has 1 spiro atoms. The third kappa shape index (κ3) is 4.35. The Morgan fingerprint density at radius 2 is 1.70 bits per heavy atom. The molecule has 3 heterocycles. The fourth-order valence-electron chi connectivity index (χ4n) is 5.61. The highest BCUT2D eigenvalue weighted by Crippen LogP contribution is 2.46. The summed E-state index contributed by atoms with van der Waals surface area (Å²) in [6, 6.07) is 10.7. The predicted octanol–water partition coefficient (Wildman–Crippen LogP) is 2.61. The van der Waals surface area contributed by atoms with Gasteiger partial charge in [0.05, 0.1) is 49.9 Å². The largest absolute Gasteiger partial charge is 0.379 e. The summed E-state index contributed by atoms with van der Waals surface area (Å²) < 4.78 is 5.41. The van der Waals surface area contributed by atoms with Crippen molar-refractivity contribution in [1.82, 2.24) is 25.1 Å². The van der Waals surface area contributed by atoms with Gasteiger partial charge >= 0.3 is 6.03 Å². The van der Waals surface area contributed by atoms with E-state index in [1.165, 1.54) is 5.56 Å². The quantitative estimate of drug-likeness (QED) is 0.755. The maximum absolute atomic E-state index is 12.9. The standard InChI is InChI=1S/C25H34N6O2/c1-29(2)25(20-6-4-3-5-7-20)10-8-24(9-11-25)19-31(23(32)28-24)21-16-26-22(27-17-21)18-30-12-14-33-15-13-30/h3-7,16-17H,8-15,18-19H2,1-2H3,(H,28,32)/t24-,25-. The second-order valence-corrected chi connectivity index (χ2v) is 9.83. The van der Waals surface area contributed by atoms with Gasteiger partial charge in [0, 0.05) is 18.6 Å². The number of benzene rings is 1. The Hall–Kier alpha value is -2.55. The van der Waals surface area contributed by atoms with Crippen LogP contribution in [0.5, 0.6) is 0 Å². The van der Waals surface area contributed by atoms with Crippen molar-refractivity contribution in [2.24, 2.45) is 0 Å². The Kier molecular flexibility index (Phi) is 6.07. The first-order chi connectivity index (χ1) is 16.0. The Balaban J connectivity index is 1.26. The predicted molar refractivity (Wildman–Crippen MR) is 127 cm³/mol. The first-order valence-electron chi connectivity index (χ1n) is 11.9. The summed E-state index contributed by atoms with van der Waals surface area (Å²) in [6.07, 6.45) is 7.48. The molecule has 2 aromatic rings. The number of rotatable bonds is 5. The van der Waals surface area contributed by atoms with Gasteiger partial charge in [-0.2, -0.15) is 0 Å². The van der Waals surface area contributed by atoms with Crippen LogP contribution in [0.25, 0.3) is 0 Å². The number of ether oxygens (including phenoxy) is 1. The number of carbonyl (C=O) groups excluding carboxylic acids is 1. The zero-order valence-electron chi connectivity index (χ0n) is 19.7. The fourth-order valence-corrected chi connectivity index (χ4v) is 5.61. The number of nitrogens with zero attached hydrogens (tertiary/aromatic N) is 5. The first-order valence-corrected chi connectivity index (χ1v) is 11.9. The third-order valence-corrected chi connectivity index (χ3v) is 7.75. The van der Waals surface area contributed by atoms with Crippen molar-refractivity contribution in [3.8, 4) is 0 Å². The lowest BCUT2D eigenvalue weighted by Crippen LogP contribution is -2.54. The molecule has 0 unspecified atom stereocenters. The van der Waals surface area contributed by atoms with Crippen LogP contribution >= 0.6 is 0 Å². The Morgan fingerprint density at radius 1 is 1.03 bits per heavy atom. The summed E-state index contributed by atoms with van der Waals surface area (Å²) in [5.41, 5.74) is 1.94. The number of morpholine rings is 1. The van der Waals surface area contributed by atoms with Crippen molar-refractivity contribution in [2.75, 3.05) is 51.8 Å². The number of anilines is 1. The van der Waals surface area contributed by atoms with Crippen molar-refractivity contribution >= 4 is 11.7 Å². The van der Waals surface area contributed by atoms with Gasteiger partial charge in [-0.25, -0.2) is 14.8 Å². The van der Waals surface area contributed by atoms with E-state index in [1.807, 2.05) is 4.90 Å². The molecule has 33 heavy (non-hydrogen) atoms. The number of hydrogen-bond acceptors (Lipinski definition) is 6. The summed E-state index contributed by atoms with van der Waals surface area (Å²) in [6.45, 7) is 4.70. The SMILES string of the molecule is CN(C)[C@]1(c2ccccc2)CC[C@@]2(CC1)CN(c1cnc(CN3CCOCC3)nc1)C(=O)N2. The van der Waals surface area contributed by atoms with Gasteiger partial charge in [-0.15, -0.1) is 0 Å². The summed E-state index contributed by atoms with van der Waals surface area (Å²) in [5.74, 6) is 0.784. The molecule has 1 aliphatic carbocycles. The molecule has 1 aromatic heterocycles. The molecule has 1 saturated carbocycles. The van der Waals surface area contributed by atoms with Crippen LogP contribution < -0.4 is 10.2 Å². The van der Waals surface area contributed by atoms with E-state index in [0.717, 1.165) is 63.5 Å². The molecule has 0 atom stereocenters. The van der Waals surface area contributed by atoms with E-state index in [9.17, 15) is 4.79 Å². The Bertz CT molecular complexity index is 951. The van der Waals surface area contributed by atoms with Crippen LogP contribution in [0.3, 0.4) is 0 Å². The van der Waals surface area contributed by atoms with Crippen molar-refractivity contribution < 1.29 is 9.53 Å². The molecule has 2 aliphatic heterocycles. The Morgan fingerprint density at radius 3 is 2.33 bits per heavy atom. The number of hydrogen-bond donors (Lipinski definition) is 1. The molecule has 0 radical (unpaired) electrons. The monoisotopic (exact) mass is 450 g/mol. The van der Waals surface area contributed by atoms with Gasteiger partial charge in [0.1, 0.15) is 5.82 Å². The highest BCUT2D eigenvalue weighted by molar-refractivity contribution is 5.95. The lowest BCUT2D eigenvalue weighted by molar-refractivity contribution is 0.0330. The van der Waals surface area contributed by atoms with Gasteiger partial charge in [-0.05, 0) is 45.3 Å². The number of aromatic nitrogens is 2. The molecule has 2 saturated heterocycles. The van der Waals surface area contributed by atoms with Crippen LogP contribution in [0.2, 0.25) is 0 Å². The van der Waals surface area contributed by atoms with Crippen LogP contribution in [-0.2, 0) is 16.8 Å². The van der Waals surface area contributed by atoms with Gasteiger partial charge in [0.15, 0.2) is 0 Å². The number of nitrogens with one attached hydrogen (secondary N) is 1. The zero-order chi connectivity index (χ0) is 22.9. The molecule has 176 valence electrons. The van der Waals surface area contributed by atoms with Crippen molar-refractivity contribution in [2.45, 2.75) is 43.3 Å². The van der Waals surface area contributed by atoms with Gasteiger partial charge in [-0.1, -0.05) is 30.3 Å². The van der Waals surface area contributed by atoms with Gasteiger partial charge in [0.25, 0.3) is 0 Å². The summed E-state index contributed by atoms with van der Waals surface area (Å²) >= 11 is 0. The molecule has 1 aromatic carbocycles. The van der Waals surface area contributed by atoms with E-state index in [0.29, 0.717) is 13.1 Å². The molecule has 8 nitrogen and oxygen atoms in total. The smallest absolute Gasteiger partial charge is 0.322 e. The zero-order valence-corrected chi connectivity index (χ0v) is 19.7. The summed E-state index contributed by atoms with van der Waals surface area (Å²) in [7, 11) is 4.33.